The number of rotatable bonds is 2. The van der Waals surface area contributed by atoms with Crippen LogP contribution in [-0.4, -0.2) is 24.9 Å². The van der Waals surface area contributed by atoms with Gasteiger partial charge in [0.1, 0.15) is 5.75 Å². The van der Waals surface area contributed by atoms with Gasteiger partial charge in [0, 0.05) is 12.0 Å². The zero-order chi connectivity index (χ0) is 15.3. The van der Waals surface area contributed by atoms with E-state index in [9.17, 15) is 5.11 Å². The van der Waals surface area contributed by atoms with Gasteiger partial charge in [-0.2, -0.15) is 0 Å². The standard InChI is InChI=1S/C19H27NO2/c1-22-13-3-5-14-12(10-13)2-4-16-15(14)8-9-19(11-20)17(16)6-7-18(19)21/h3,5,10,15-18,21H,2,4,6-9,11,20H2,1H3/t15-,16-,17+,18-,19-/m1/s1. The Bertz CT molecular complexity index is 573. The molecule has 0 aromatic heterocycles. The van der Waals surface area contributed by atoms with Crippen LogP contribution in [0.3, 0.4) is 0 Å². The first-order valence-electron chi connectivity index (χ1n) is 8.74. The zero-order valence-corrected chi connectivity index (χ0v) is 13.4. The lowest BCUT2D eigenvalue weighted by Gasteiger charge is -2.51. The van der Waals surface area contributed by atoms with Crippen LogP contribution in [0.5, 0.6) is 5.75 Å². The number of benzene rings is 1. The summed E-state index contributed by atoms with van der Waals surface area (Å²) in [6.07, 6.45) is 6.56. The summed E-state index contributed by atoms with van der Waals surface area (Å²) in [5.74, 6) is 2.95. The minimum absolute atomic E-state index is 0.00510. The maximum atomic E-state index is 10.5. The third-order valence-corrected chi connectivity index (χ3v) is 6.98. The Morgan fingerprint density at radius 2 is 2.14 bits per heavy atom. The lowest BCUT2D eigenvalue weighted by atomic mass is 9.55. The van der Waals surface area contributed by atoms with E-state index in [1.165, 1.54) is 24.0 Å². The van der Waals surface area contributed by atoms with Gasteiger partial charge < -0.3 is 15.6 Å². The Kier molecular flexibility index (Phi) is 3.46. The van der Waals surface area contributed by atoms with Gasteiger partial charge in [0.15, 0.2) is 0 Å². The highest BCUT2D eigenvalue weighted by atomic mass is 16.5. The quantitative estimate of drug-likeness (QED) is 0.883. The first-order valence-corrected chi connectivity index (χ1v) is 8.74. The maximum Gasteiger partial charge on any atom is 0.119 e. The average Bonchev–Trinajstić information content (AvgIpc) is 2.91. The van der Waals surface area contributed by atoms with Crippen LogP contribution in [-0.2, 0) is 6.42 Å². The van der Waals surface area contributed by atoms with Crippen LogP contribution in [0, 0.1) is 17.3 Å². The molecule has 1 aromatic rings. The molecule has 2 saturated carbocycles. The molecule has 0 aliphatic heterocycles. The van der Waals surface area contributed by atoms with E-state index >= 15 is 0 Å². The van der Waals surface area contributed by atoms with Gasteiger partial charge in [0.25, 0.3) is 0 Å². The third kappa shape index (κ3) is 1.88. The minimum atomic E-state index is -0.180. The van der Waals surface area contributed by atoms with E-state index < -0.39 is 0 Å². The Labute approximate surface area is 132 Å². The number of aryl methyl sites for hydroxylation is 1. The fraction of sp³-hybridized carbons (Fsp3) is 0.684. The number of hydrogen-bond donors (Lipinski definition) is 2. The van der Waals surface area contributed by atoms with Crippen LogP contribution in [0.4, 0.5) is 0 Å². The maximum absolute atomic E-state index is 10.5. The van der Waals surface area contributed by atoms with Gasteiger partial charge in [0.2, 0.25) is 0 Å². The van der Waals surface area contributed by atoms with Crippen molar-refractivity contribution >= 4 is 0 Å². The normalized spacial score (nSPS) is 39.8. The smallest absolute Gasteiger partial charge is 0.119 e. The molecular weight excluding hydrogens is 274 g/mol. The summed E-state index contributed by atoms with van der Waals surface area (Å²) < 4.78 is 5.38. The molecule has 3 N–H and O–H groups in total. The molecule has 0 spiro atoms. The van der Waals surface area contributed by atoms with Crippen LogP contribution in [0.2, 0.25) is 0 Å². The van der Waals surface area contributed by atoms with Gasteiger partial charge >= 0.3 is 0 Å². The predicted molar refractivity (Wildman–Crippen MR) is 87.0 cm³/mol. The van der Waals surface area contributed by atoms with Gasteiger partial charge in [-0.05, 0) is 79.5 Å². The van der Waals surface area contributed by atoms with Crippen molar-refractivity contribution < 1.29 is 9.84 Å². The highest BCUT2D eigenvalue weighted by Gasteiger charge is 2.56. The number of ether oxygens (including phenoxy) is 1. The fourth-order valence-electron chi connectivity index (χ4n) is 5.86. The summed E-state index contributed by atoms with van der Waals surface area (Å²) in [4.78, 5) is 0. The van der Waals surface area contributed by atoms with Crippen LogP contribution in [0.25, 0.3) is 0 Å². The second-order valence-electron chi connectivity index (χ2n) is 7.55. The van der Waals surface area contributed by atoms with E-state index in [0.717, 1.165) is 31.4 Å². The van der Waals surface area contributed by atoms with E-state index in [-0.39, 0.29) is 11.5 Å². The zero-order valence-electron chi connectivity index (χ0n) is 13.4. The largest absolute Gasteiger partial charge is 0.497 e. The molecule has 3 nitrogen and oxygen atoms in total. The first kappa shape index (κ1) is 14.5. The van der Waals surface area contributed by atoms with Crippen LogP contribution in [0.15, 0.2) is 18.2 Å². The van der Waals surface area contributed by atoms with Crippen molar-refractivity contribution in [2.45, 2.75) is 50.5 Å². The van der Waals surface area contributed by atoms with Crippen molar-refractivity contribution in [1.29, 1.82) is 0 Å². The molecule has 3 aliphatic rings. The lowest BCUT2D eigenvalue weighted by Crippen LogP contribution is -2.50. The number of fused-ring (bicyclic) bond motifs is 5. The van der Waals surface area contributed by atoms with Crippen LogP contribution < -0.4 is 10.5 Å². The van der Waals surface area contributed by atoms with E-state index in [1.807, 2.05) is 0 Å². The van der Waals surface area contributed by atoms with E-state index in [1.54, 1.807) is 7.11 Å². The number of nitrogens with two attached hydrogens (primary N) is 1. The van der Waals surface area contributed by atoms with E-state index in [2.05, 4.69) is 18.2 Å². The molecule has 3 heteroatoms. The molecule has 3 aliphatic carbocycles. The summed E-state index contributed by atoms with van der Waals surface area (Å²) in [6, 6.07) is 6.61. The molecular formula is C19H27NO2. The Hall–Kier alpha value is -1.06. The molecule has 0 heterocycles. The lowest BCUT2D eigenvalue weighted by molar-refractivity contribution is -0.0297. The van der Waals surface area contributed by atoms with E-state index in [0.29, 0.717) is 24.3 Å². The molecule has 4 rings (SSSR count). The fourth-order valence-corrected chi connectivity index (χ4v) is 5.86. The highest BCUT2D eigenvalue weighted by Crippen LogP contribution is 2.60. The van der Waals surface area contributed by atoms with Gasteiger partial charge in [0.05, 0.1) is 13.2 Å². The summed E-state index contributed by atoms with van der Waals surface area (Å²) in [6.45, 7) is 0.650. The number of hydrogen-bond acceptors (Lipinski definition) is 3. The number of methoxy groups -OCH3 is 1. The molecule has 2 fully saturated rings. The van der Waals surface area contributed by atoms with Crippen molar-refractivity contribution in [3.8, 4) is 5.75 Å². The van der Waals surface area contributed by atoms with Crippen molar-refractivity contribution in [1.82, 2.24) is 0 Å². The first-order chi connectivity index (χ1) is 10.7. The van der Waals surface area contributed by atoms with Crippen molar-refractivity contribution in [3.05, 3.63) is 29.3 Å². The number of aliphatic hydroxyl groups is 1. The third-order valence-electron chi connectivity index (χ3n) is 6.98. The molecule has 0 radical (unpaired) electrons. The van der Waals surface area contributed by atoms with Gasteiger partial charge in [-0.1, -0.05) is 6.07 Å². The topological polar surface area (TPSA) is 55.5 Å². The molecule has 5 atom stereocenters. The van der Waals surface area contributed by atoms with Crippen molar-refractivity contribution in [3.63, 3.8) is 0 Å². The van der Waals surface area contributed by atoms with Crippen molar-refractivity contribution in [2.24, 2.45) is 23.0 Å². The van der Waals surface area contributed by atoms with Crippen LogP contribution in [0.1, 0.15) is 49.1 Å². The monoisotopic (exact) mass is 301 g/mol. The predicted octanol–water partition coefficient (Wildman–Crippen LogP) is 2.85. The van der Waals surface area contributed by atoms with Gasteiger partial charge in [-0.3, -0.25) is 0 Å². The van der Waals surface area contributed by atoms with Gasteiger partial charge in [-0.25, -0.2) is 0 Å². The Morgan fingerprint density at radius 1 is 1.27 bits per heavy atom. The molecule has 0 saturated heterocycles. The average molecular weight is 301 g/mol. The second kappa shape index (κ2) is 5.24. The molecule has 120 valence electrons. The Morgan fingerprint density at radius 3 is 2.91 bits per heavy atom. The molecule has 22 heavy (non-hydrogen) atoms. The SMILES string of the molecule is COc1ccc2c(c1)CC[C@@H]1[C@@H]2CC[C@]2(CN)[C@H](O)CC[C@@H]12. The second-order valence-corrected chi connectivity index (χ2v) is 7.55. The summed E-state index contributed by atoms with van der Waals surface area (Å²) in [5.41, 5.74) is 9.16. The molecule has 0 bridgehead atoms. The molecule has 0 amide bonds. The minimum Gasteiger partial charge on any atom is -0.497 e. The summed E-state index contributed by atoms with van der Waals surface area (Å²) >= 11 is 0. The summed E-state index contributed by atoms with van der Waals surface area (Å²) in [7, 11) is 1.74. The summed E-state index contributed by atoms with van der Waals surface area (Å²) in [5, 5.41) is 10.5. The number of aliphatic hydroxyl groups excluding tert-OH is 1. The van der Waals surface area contributed by atoms with E-state index in [4.69, 9.17) is 10.5 Å². The van der Waals surface area contributed by atoms with Crippen LogP contribution >= 0.6 is 0 Å². The molecule has 0 unspecified atom stereocenters. The van der Waals surface area contributed by atoms with Crippen molar-refractivity contribution in [2.75, 3.05) is 13.7 Å². The van der Waals surface area contributed by atoms with Gasteiger partial charge in [-0.15, -0.1) is 0 Å². The molecule has 1 aromatic carbocycles. The highest BCUT2D eigenvalue weighted by molar-refractivity contribution is 5.40. The Balaban J connectivity index is 1.68.